The minimum absolute atomic E-state index is 0.0201. The van der Waals surface area contributed by atoms with Gasteiger partial charge in [-0.05, 0) is 31.2 Å². The van der Waals surface area contributed by atoms with E-state index in [-0.39, 0.29) is 18.4 Å². The Labute approximate surface area is 187 Å². The molecule has 3 aromatic rings. The van der Waals surface area contributed by atoms with E-state index in [1.54, 1.807) is 31.2 Å². The molecule has 3 heterocycles. The van der Waals surface area contributed by atoms with Gasteiger partial charge < -0.3 is 19.1 Å². The molecule has 0 saturated carbocycles. The van der Waals surface area contributed by atoms with Gasteiger partial charge in [-0.25, -0.2) is 9.97 Å². The Kier molecular flexibility index (Phi) is 6.34. The maximum Gasteiger partial charge on any atom is 0.253 e. The first-order chi connectivity index (χ1) is 15.4. The Morgan fingerprint density at radius 1 is 1.06 bits per heavy atom. The van der Waals surface area contributed by atoms with Crippen molar-refractivity contribution in [1.29, 1.82) is 0 Å². The number of nitrogens with zero attached hydrogens (tertiary/aromatic N) is 6. The topological polar surface area (TPSA) is 97.5 Å². The lowest BCUT2D eigenvalue weighted by Crippen LogP contribution is -2.49. The molecule has 0 atom stereocenters. The summed E-state index contributed by atoms with van der Waals surface area (Å²) in [5.41, 5.74) is 1.61. The number of ether oxygens (including phenoxy) is 1. The monoisotopic (exact) mass is 436 g/mol. The van der Waals surface area contributed by atoms with Crippen LogP contribution < -0.4 is 9.64 Å². The number of rotatable bonds is 6. The average molecular weight is 437 g/mol. The number of hydrogen-bond acceptors (Lipinski definition) is 8. The van der Waals surface area contributed by atoms with E-state index in [0.29, 0.717) is 36.1 Å². The van der Waals surface area contributed by atoms with Crippen LogP contribution in [0.15, 0.2) is 34.9 Å². The highest BCUT2D eigenvalue weighted by Crippen LogP contribution is 2.20. The van der Waals surface area contributed by atoms with Crippen LogP contribution in [-0.2, 0) is 6.61 Å². The standard InChI is InChI=1S/C23H28N6O3/c1-15(2)22-24-16(3)13-21(26-22)28-9-11-29(12-10-28)23(30)18-5-7-19(8-6-18)31-14-20-25-17(4)32-27-20/h5-8,13,15H,9-12,14H2,1-4H3. The quantitative estimate of drug-likeness (QED) is 0.581. The lowest BCUT2D eigenvalue weighted by Gasteiger charge is -2.35. The molecule has 0 aliphatic carbocycles. The summed E-state index contributed by atoms with van der Waals surface area (Å²) in [6.07, 6.45) is 0. The van der Waals surface area contributed by atoms with Crippen molar-refractivity contribution in [1.82, 2.24) is 25.0 Å². The fourth-order valence-corrected chi connectivity index (χ4v) is 3.56. The summed E-state index contributed by atoms with van der Waals surface area (Å²) in [4.78, 5) is 30.4. The third kappa shape index (κ3) is 5.04. The summed E-state index contributed by atoms with van der Waals surface area (Å²) < 4.78 is 10.6. The van der Waals surface area contributed by atoms with Crippen molar-refractivity contribution in [2.75, 3.05) is 31.1 Å². The molecular weight excluding hydrogens is 408 g/mol. The smallest absolute Gasteiger partial charge is 0.253 e. The molecule has 1 aliphatic heterocycles. The van der Waals surface area contributed by atoms with E-state index < -0.39 is 0 Å². The molecule has 168 valence electrons. The third-order valence-corrected chi connectivity index (χ3v) is 5.30. The Morgan fingerprint density at radius 3 is 2.41 bits per heavy atom. The van der Waals surface area contributed by atoms with Crippen LogP contribution in [0.1, 0.15) is 53.4 Å². The summed E-state index contributed by atoms with van der Waals surface area (Å²) >= 11 is 0. The summed E-state index contributed by atoms with van der Waals surface area (Å²) in [5, 5.41) is 3.80. The molecule has 32 heavy (non-hydrogen) atoms. The van der Waals surface area contributed by atoms with Gasteiger partial charge >= 0.3 is 0 Å². The molecule has 1 amide bonds. The number of aromatic nitrogens is 4. The Hall–Kier alpha value is -3.49. The molecule has 1 saturated heterocycles. The molecule has 1 fully saturated rings. The van der Waals surface area contributed by atoms with Crippen molar-refractivity contribution in [2.24, 2.45) is 0 Å². The highest BCUT2D eigenvalue weighted by Gasteiger charge is 2.23. The van der Waals surface area contributed by atoms with Gasteiger partial charge in [-0.15, -0.1) is 0 Å². The van der Waals surface area contributed by atoms with Crippen LogP contribution in [0.4, 0.5) is 5.82 Å². The van der Waals surface area contributed by atoms with Crippen LogP contribution in [0, 0.1) is 13.8 Å². The van der Waals surface area contributed by atoms with Gasteiger partial charge in [0.15, 0.2) is 6.61 Å². The molecule has 0 bridgehead atoms. The lowest BCUT2D eigenvalue weighted by atomic mass is 10.1. The number of piperazine rings is 1. The first kappa shape index (κ1) is 21.7. The van der Waals surface area contributed by atoms with Gasteiger partial charge in [0.2, 0.25) is 11.7 Å². The number of aryl methyl sites for hydroxylation is 2. The lowest BCUT2D eigenvalue weighted by molar-refractivity contribution is 0.0746. The number of hydrogen-bond donors (Lipinski definition) is 0. The first-order valence-corrected chi connectivity index (χ1v) is 10.8. The van der Waals surface area contributed by atoms with Crippen LogP contribution in [-0.4, -0.2) is 57.1 Å². The van der Waals surface area contributed by atoms with Crippen LogP contribution in [0.5, 0.6) is 5.75 Å². The van der Waals surface area contributed by atoms with E-state index in [2.05, 4.69) is 33.9 Å². The van der Waals surface area contributed by atoms with E-state index in [1.165, 1.54) is 0 Å². The summed E-state index contributed by atoms with van der Waals surface area (Å²) in [7, 11) is 0. The third-order valence-electron chi connectivity index (χ3n) is 5.30. The van der Waals surface area contributed by atoms with E-state index in [0.717, 1.165) is 30.4 Å². The SMILES string of the molecule is Cc1cc(N2CCN(C(=O)c3ccc(OCc4noc(C)n4)cc3)CC2)nc(C(C)C)n1. The fraction of sp³-hybridized carbons (Fsp3) is 0.435. The van der Waals surface area contributed by atoms with Crippen molar-refractivity contribution in [3.63, 3.8) is 0 Å². The van der Waals surface area contributed by atoms with Crippen molar-refractivity contribution < 1.29 is 14.1 Å². The second-order valence-electron chi connectivity index (χ2n) is 8.20. The van der Waals surface area contributed by atoms with Gasteiger partial charge in [-0.2, -0.15) is 4.98 Å². The molecule has 9 nitrogen and oxygen atoms in total. The van der Waals surface area contributed by atoms with Crippen LogP contribution in [0.25, 0.3) is 0 Å². The van der Waals surface area contributed by atoms with Gasteiger partial charge in [-0.3, -0.25) is 4.79 Å². The van der Waals surface area contributed by atoms with E-state index in [4.69, 9.17) is 14.2 Å². The second kappa shape index (κ2) is 9.33. The van der Waals surface area contributed by atoms with Crippen molar-refractivity contribution in [2.45, 2.75) is 40.2 Å². The molecular formula is C23H28N6O3. The maximum atomic E-state index is 12.9. The van der Waals surface area contributed by atoms with E-state index in [1.807, 2.05) is 17.9 Å². The summed E-state index contributed by atoms with van der Waals surface area (Å²) in [6.45, 7) is 10.9. The van der Waals surface area contributed by atoms with E-state index >= 15 is 0 Å². The fourth-order valence-electron chi connectivity index (χ4n) is 3.56. The minimum Gasteiger partial charge on any atom is -0.485 e. The molecule has 0 radical (unpaired) electrons. The van der Waals surface area contributed by atoms with Crippen LogP contribution >= 0.6 is 0 Å². The van der Waals surface area contributed by atoms with Crippen molar-refractivity contribution in [3.8, 4) is 5.75 Å². The molecule has 2 aromatic heterocycles. The minimum atomic E-state index is 0.0201. The van der Waals surface area contributed by atoms with Gasteiger partial charge in [0.05, 0.1) is 0 Å². The van der Waals surface area contributed by atoms with Gasteiger partial charge in [0.1, 0.15) is 17.4 Å². The van der Waals surface area contributed by atoms with Crippen LogP contribution in [0.3, 0.4) is 0 Å². The Bertz CT molecular complexity index is 1070. The van der Waals surface area contributed by atoms with Crippen LogP contribution in [0.2, 0.25) is 0 Å². The molecule has 0 unspecified atom stereocenters. The highest BCUT2D eigenvalue weighted by atomic mass is 16.5. The first-order valence-electron chi connectivity index (χ1n) is 10.8. The Morgan fingerprint density at radius 2 is 1.78 bits per heavy atom. The second-order valence-corrected chi connectivity index (χ2v) is 8.20. The Balaban J connectivity index is 1.33. The predicted molar refractivity (Wildman–Crippen MR) is 119 cm³/mol. The number of benzene rings is 1. The number of amides is 1. The highest BCUT2D eigenvalue weighted by molar-refractivity contribution is 5.94. The van der Waals surface area contributed by atoms with Gasteiger partial charge in [-0.1, -0.05) is 19.0 Å². The maximum absolute atomic E-state index is 12.9. The largest absolute Gasteiger partial charge is 0.485 e. The molecule has 4 rings (SSSR count). The zero-order chi connectivity index (χ0) is 22.7. The van der Waals surface area contributed by atoms with Gasteiger partial charge in [0.25, 0.3) is 5.91 Å². The van der Waals surface area contributed by atoms with E-state index in [9.17, 15) is 4.79 Å². The van der Waals surface area contributed by atoms with Crippen molar-refractivity contribution in [3.05, 3.63) is 59.1 Å². The zero-order valence-corrected chi connectivity index (χ0v) is 18.9. The number of anilines is 1. The number of carbonyl (C=O) groups is 1. The summed E-state index contributed by atoms with van der Waals surface area (Å²) in [5.74, 6) is 3.72. The van der Waals surface area contributed by atoms with Gasteiger partial charge in [0, 0.05) is 56.3 Å². The molecule has 1 aromatic carbocycles. The normalized spacial score (nSPS) is 14.2. The summed E-state index contributed by atoms with van der Waals surface area (Å²) in [6, 6.07) is 9.15. The zero-order valence-electron chi connectivity index (χ0n) is 18.9. The average Bonchev–Trinajstić information content (AvgIpc) is 3.22. The molecule has 9 heteroatoms. The number of carbonyl (C=O) groups excluding carboxylic acids is 1. The molecule has 0 spiro atoms. The predicted octanol–water partition coefficient (Wildman–Crippen LogP) is 3.14. The van der Waals surface area contributed by atoms with Crippen molar-refractivity contribution >= 4 is 11.7 Å². The molecule has 0 N–H and O–H groups in total. The molecule has 1 aliphatic rings.